The van der Waals surface area contributed by atoms with E-state index in [1.165, 1.54) is 37.4 Å². The third-order valence-electron chi connectivity index (χ3n) is 3.88. The SMILES string of the molecule is CCS(=O)(=O)c1cccc(-c2[c]cnc3c(C(F)(F)F)cccc23)c1. The number of rotatable bonds is 3. The highest BCUT2D eigenvalue weighted by Gasteiger charge is 2.33. The summed E-state index contributed by atoms with van der Waals surface area (Å²) in [7, 11) is -3.42. The first-order valence-electron chi connectivity index (χ1n) is 7.44. The van der Waals surface area contributed by atoms with Crippen LogP contribution in [-0.4, -0.2) is 19.2 Å². The van der Waals surface area contributed by atoms with Crippen LogP contribution < -0.4 is 0 Å². The Labute approximate surface area is 143 Å². The quantitative estimate of drug-likeness (QED) is 0.687. The number of pyridine rings is 1. The second kappa shape index (κ2) is 6.15. The van der Waals surface area contributed by atoms with Crippen LogP contribution in [0.4, 0.5) is 13.2 Å². The molecule has 0 saturated heterocycles. The van der Waals surface area contributed by atoms with Crippen molar-refractivity contribution in [2.45, 2.75) is 18.0 Å². The van der Waals surface area contributed by atoms with E-state index in [1.807, 2.05) is 0 Å². The predicted molar refractivity (Wildman–Crippen MR) is 88.7 cm³/mol. The fourth-order valence-electron chi connectivity index (χ4n) is 2.60. The summed E-state index contributed by atoms with van der Waals surface area (Å²) in [5, 5.41) is 0.267. The number of sulfone groups is 1. The lowest BCUT2D eigenvalue weighted by Gasteiger charge is -2.12. The average Bonchev–Trinajstić information content (AvgIpc) is 2.60. The van der Waals surface area contributed by atoms with Gasteiger partial charge in [0.25, 0.3) is 0 Å². The number of halogens is 3. The van der Waals surface area contributed by atoms with Gasteiger partial charge in [0.2, 0.25) is 0 Å². The lowest BCUT2D eigenvalue weighted by Crippen LogP contribution is -2.06. The second-order valence-electron chi connectivity index (χ2n) is 5.41. The summed E-state index contributed by atoms with van der Waals surface area (Å²) in [4.78, 5) is 3.95. The maximum Gasteiger partial charge on any atom is 0.418 e. The molecule has 0 aliphatic heterocycles. The molecule has 25 heavy (non-hydrogen) atoms. The van der Waals surface area contributed by atoms with Gasteiger partial charge in [-0.25, -0.2) is 8.42 Å². The highest BCUT2D eigenvalue weighted by molar-refractivity contribution is 7.91. The molecule has 0 aliphatic carbocycles. The summed E-state index contributed by atoms with van der Waals surface area (Å²) in [6, 6.07) is 12.7. The number of hydrogen-bond acceptors (Lipinski definition) is 3. The monoisotopic (exact) mass is 364 g/mol. The van der Waals surface area contributed by atoms with Crippen LogP contribution in [0, 0.1) is 6.07 Å². The van der Waals surface area contributed by atoms with Gasteiger partial charge in [-0.15, -0.1) is 0 Å². The number of fused-ring (bicyclic) bond motifs is 1. The van der Waals surface area contributed by atoms with Crippen molar-refractivity contribution in [3.05, 3.63) is 60.3 Å². The van der Waals surface area contributed by atoms with Crippen LogP contribution >= 0.6 is 0 Å². The number of para-hydroxylation sites is 1. The predicted octanol–water partition coefficient (Wildman–Crippen LogP) is 4.51. The van der Waals surface area contributed by atoms with Gasteiger partial charge in [0.15, 0.2) is 9.84 Å². The van der Waals surface area contributed by atoms with Gasteiger partial charge in [0.05, 0.1) is 21.7 Å². The molecule has 0 unspecified atom stereocenters. The Bertz CT molecular complexity index is 1040. The molecule has 129 valence electrons. The van der Waals surface area contributed by atoms with E-state index in [1.54, 1.807) is 12.1 Å². The first kappa shape index (κ1) is 17.4. The first-order chi connectivity index (χ1) is 11.7. The molecule has 1 radical (unpaired) electrons. The molecule has 1 heterocycles. The minimum absolute atomic E-state index is 0.0600. The minimum Gasteiger partial charge on any atom is -0.255 e. The van der Waals surface area contributed by atoms with Crippen molar-refractivity contribution in [2.24, 2.45) is 0 Å². The van der Waals surface area contributed by atoms with E-state index >= 15 is 0 Å². The molecule has 0 saturated carbocycles. The molecule has 3 aromatic rings. The van der Waals surface area contributed by atoms with Crippen molar-refractivity contribution in [1.29, 1.82) is 0 Å². The van der Waals surface area contributed by atoms with Gasteiger partial charge in [-0.3, -0.25) is 4.98 Å². The van der Waals surface area contributed by atoms with Crippen molar-refractivity contribution < 1.29 is 21.6 Å². The number of hydrogen-bond donors (Lipinski definition) is 0. The van der Waals surface area contributed by atoms with Crippen LogP contribution in [0.25, 0.3) is 22.0 Å². The van der Waals surface area contributed by atoms with Crippen molar-refractivity contribution in [1.82, 2.24) is 4.98 Å². The Hall–Kier alpha value is -2.41. The molecule has 0 fully saturated rings. The number of alkyl halides is 3. The average molecular weight is 364 g/mol. The number of aromatic nitrogens is 1. The molecular formula is C18H13F3NO2S. The fourth-order valence-corrected chi connectivity index (χ4v) is 3.53. The highest BCUT2D eigenvalue weighted by atomic mass is 32.2. The zero-order chi connectivity index (χ0) is 18.2. The van der Waals surface area contributed by atoms with Crippen LogP contribution in [0.2, 0.25) is 0 Å². The molecule has 3 rings (SSSR count). The maximum atomic E-state index is 13.2. The lowest BCUT2D eigenvalue weighted by molar-refractivity contribution is -0.136. The molecule has 3 nitrogen and oxygen atoms in total. The molecule has 7 heteroatoms. The van der Waals surface area contributed by atoms with E-state index in [0.29, 0.717) is 11.1 Å². The van der Waals surface area contributed by atoms with Crippen molar-refractivity contribution in [2.75, 3.05) is 5.75 Å². The Morgan fingerprint density at radius 3 is 2.52 bits per heavy atom. The van der Waals surface area contributed by atoms with Crippen molar-refractivity contribution in [3.8, 4) is 11.1 Å². The molecule has 0 amide bonds. The van der Waals surface area contributed by atoms with Gasteiger partial charge in [-0.2, -0.15) is 13.2 Å². The third-order valence-corrected chi connectivity index (χ3v) is 5.61. The Kier molecular flexibility index (Phi) is 4.28. The third kappa shape index (κ3) is 3.24. The van der Waals surface area contributed by atoms with Crippen LogP contribution in [0.5, 0.6) is 0 Å². The Morgan fingerprint density at radius 1 is 1.12 bits per heavy atom. The molecular weight excluding hydrogens is 351 g/mol. The molecule has 0 aliphatic rings. The lowest BCUT2D eigenvalue weighted by atomic mass is 9.99. The van der Waals surface area contributed by atoms with E-state index in [-0.39, 0.29) is 21.6 Å². The standard InChI is InChI=1S/C18H13F3NO2S/c1-2-25(23,24)13-6-3-5-12(11-13)14-9-10-22-17-15(14)7-4-8-16(17)18(19,20)21/h3-8,10-11H,2H2,1H3. The Balaban J connectivity index is 2.26. The van der Waals surface area contributed by atoms with E-state index in [0.717, 1.165) is 6.07 Å². The van der Waals surface area contributed by atoms with Crippen molar-refractivity contribution in [3.63, 3.8) is 0 Å². The molecule has 0 atom stereocenters. The van der Waals surface area contributed by atoms with E-state index in [4.69, 9.17) is 0 Å². The normalized spacial score (nSPS) is 12.5. The highest BCUT2D eigenvalue weighted by Crippen LogP contribution is 2.37. The summed E-state index contributed by atoms with van der Waals surface area (Å²) < 4.78 is 63.7. The van der Waals surface area contributed by atoms with Crippen LogP contribution in [0.3, 0.4) is 0 Å². The van der Waals surface area contributed by atoms with Crippen LogP contribution in [0.15, 0.2) is 53.6 Å². The smallest absolute Gasteiger partial charge is 0.255 e. The molecule has 2 aromatic carbocycles. The second-order valence-corrected chi connectivity index (χ2v) is 7.69. The fraction of sp³-hybridized carbons (Fsp3) is 0.167. The van der Waals surface area contributed by atoms with E-state index in [2.05, 4.69) is 11.1 Å². The zero-order valence-electron chi connectivity index (χ0n) is 13.1. The largest absolute Gasteiger partial charge is 0.418 e. The molecule has 0 spiro atoms. The summed E-state index contributed by atoms with van der Waals surface area (Å²) in [5.41, 5.74) is -0.171. The minimum atomic E-state index is -4.53. The van der Waals surface area contributed by atoms with Crippen LogP contribution in [0.1, 0.15) is 12.5 Å². The zero-order valence-corrected chi connectivity index (χ0v) is 13.9. The van der Waals surface area contributed by atoms with Gasteiger partial charge >= 0.3 is 6.18 Å². The summed E-state index contributed by atoms with van der Waals surface area (Å²) in [5.74, 6) is -0.0600. The Morgan fingerprint density at radius 2 is 1.84 bits per heavy atom. The van der Waals surface area contributed by atoms with Crippen LogP contribution in [-0.2, 0) is 16.0 Å². The molecule has 0 bridgehead atoms. The van der Waals surface area contributed by atoms with Gasteiger partial charge in [-0.05, 0) is 23.8 Å². The first-order valence-corrected chi connectivity index (χ1v) is 9.09. The van der Waals surface area contributed by atoms with E-state index < -0.39 is 21.6 Å². The van der Waals surface area contributed by atoms with Gasteiger partial charge in [-0.1, -0.05) is 31.2 Å². The number of benzene rings is 2. The summed E-state index contributed by atoms with van der Waals surface area (Å²) >= 11 is 0. The molecule has 0 N–H and O–H groups in total. The summed E-state index contributed by atoms with van der Waals surface area (Å²) in [6.45, 7) is 1.53. The molecule has 1 aromatic heterocycles. The topological polar surface area (TPSA) is 47.0 Å². The summed E-state index contributed by atoms with van der Waals surface area (Å²) in [6.07, 6.45) is -3.35. The maximum absolute atomic E-state index is 13.2. The van der Waals surface area contributed by atoms with Gasteiger partial charge < -0.3 is 0 Å². The van der Waals surface area contributed by atoms with E-state index in [9.17, 15) is 21.6 Å². The number of nitrogens with zero attached hydrogens (tertiary/aromatic N) is 1. The van der Waals surface area contributed by atoms with Gasteiger partial charge in [0.1, 0.15) is 0 Å². The van der Waals surface area contributed by atoms with Crippen molar-refractivity contribution >= 4 is 20.7 Å². The van der Waals surface area contributed by atoms with Gasteiger partial charge in [0, 0.05) is 23.2 Å².